The standard InChI is InChI=1S/C17H9Cl4N3O/c18-13-3-1-10(15(20)6-13)5-12(8-22)17(25)24-23-9-11-2-4-14(19)7-16(11)21/h1-7,9H,(H,24,25)/b12-5-,23-9-. The SMILES string of the molecule is N#C/C(=C/c1ccc(Cl)cc1Cl)C(=O)N/N=C\c1ccc(Cl)cc1Cl. The van der Waals surface area contributed by atoms with Crippen LogP contribution in [0.5, 0.6) is 0 Å². The largest absolute Gasteiger partial charge is 0.282 e. The lowest BCUT2D eigenvalue weighted by Crippen LogP contribution is -2.19. The van der Waals surface area contributed by atoms with Crippen molar-refractivity contribution in [2.75, 3.05) is 0 Å². The van der Waals surface area contributed by atoms with Crippen molar-refractivity contribution >= 4 is 64.6 Å². The van der Waals surface area contributed by atoms with E-state index in [0.29, 0.717) is 31.2 Å². The van der Waals surface area contributed by atoms with Gasteiger partial charge in [0, 0.05) is 20.6 Å². The van der Waals surface area contributed by atoms with E-state index in [4.69, 9.17) is 51.7 Å². The van der Waals surface area contributed by atoms with E-state index in [-0.39, 0.29) is 5.57 Å². The number of halogens is 4. The van der Waals surface area contributed by atoms with Gasteiger partial charge in [0.1, 0.15) is 11.6 Å². The minimum absolute atomic E-state index is 0.163. The van der Waals surface area contributed by atoms with Gasteiger partial charge in [-0.2, -0.15) is 10.4 Å². The molecule has 0 atom stereocenters. The molecule has 0 saturated heterocycles. The molecule has 1 amide bonds. The lowest BCUT2D eigenvalue weighted by molar-refractivity contribution is -0.117. The zero-order valence-electron chi connectivity index (χ0n) is 12.4. The molecule has 4 nitrogen and oxygen atoms in total. The Kier molecular flexibility index (Phi) is 6.86. The highest BCUT2D eigenvalue weighted by Crippen LogP contribution is 2.23. The summed E-state index contributed by atoms with van der Waals surface area (Å²) in [5.74, 6) is -0.685. The summed E-state index contributed by atoms with van der Waals surface area (Å²) in [6, 6.07) is 11.4. The van der Waals surface area contributed by atoms with Crippen LogP contribution in [0.4, 0.5) is 0 Å². The van der Waals surface area contributed by atoms with Crippen molar-refractivity contribution in [2.45, 2.75) is 0 Å². The molecule has 0 radical (unpaired) electrons. The van der Waals surface area contributed by atoms with Crippen LogP contribution in [-0.4, -0.2) is 12.1 Å². The number of rotatable bonds is 4. The van der Waals surface area contributed by atoms with E-state index in [9.17, 15) is 4.79 Å². The fraction of sp³-hybridized carbons (Fsp3) is 0. The van der Waals surface area contributed by atoms with Crippen molar-refractivity contribution in [3.05, 3.63) is 73.2 Å². The molecule has 0 fully saturated rings. The summed E-state index contributed by atoms with van der Waals surface area (Å²) in [5.41, 5.74) is 3.14. The van der Waals surface area contributed by atoms with Gasteiger partial charge in [-0.05, 0) is 35.9 Å². The second-order valence-electron chi connectivity index (χ2n) is 4.70. The Balaban J connectivity index is 2.13. The van der Waals surface area contributed by atoms with E-state index >= 15 is 0 Å². The highest BCUT2D eigenvalue weighted by atomic mass is 35.5. The van der Waals surface area contributed by atoms with Crippen LogP contribution in [0, 0.1) is 11.3 Å². The maximum Gasteiger partial charge on any atom is 0.282 e. The fourth-order valence-corrected chi connectivity index (χ4v) is 2.67. The van der Waals surface area contributed by atoms with E-state index in [1.807, 2.05) is 0 Å². The molecule has 1 N–H and O–H groups in total. The minimum Gasteiger partial charge on any atom is -0.267 e. The lowest BCUT2D eigenvalue weighted by atomic mass is 10.1. The van der Waals surface area contributed by atoms with Crippen molar-refractivity contribution < 1.29 is 4.79 Å². The number of nitrogens with one attached hydrogen (secondary N) is 1. The predicted octanol–water partition coefficient (Wildman–Crippen LogP) is 5.36. The summed E-state index contributed by atoms with van der Waals surface area (Å²) in [4.78, 5) is 12.0. The Morgan fingerprint density at radius 2 is 1.56 bits per heavy atom. The van der Waals surface area contributed by atoms with Gasteiger partial charge < -0.3 is 0 Å². The molecule has 25 heavy (non-hydrogen) atoms. The summed E-state index contributed by atoms with van der Waals surface area (Å²) < 4.78 is 0. The van der Waals surface area contributed by atoms with Crippen molar-refractivity contribution in [2.24, 2.45) is 5.10 Å². The summed E-state index contributed by atoms with van der Waals surface area (Å²) in [6.45, 7) is 0. The highest BCUT2D eigenvalue weighted by Gasteiger charge is 2.09. The first-order valence-corrected chi connectivity index (χ1v) is 8.27. The fourth-order valence-electron chi connectivity index (χ4n) is 1.75. The second-order valence-corrected chi connectivity index (χ2v) is 6.39. The number of nitriles is 1. The molecule has 0 aliphatic carbocycles. The third-order valence-electron chi connectivity index (χ3n) is 2.96. The third kappa shape index (κ3) is 5.48. The van der Waals surface area contributed by atoms with Crippen LogP contribution in [0.2, 0.25) is 20.1 Å². The van der Waals surface area contributed by atoms with E-state index < -0.39 is 5.91 Å². The molecule has 2 rings (SSSR count). The number of hydrogen-bond donors (Lipinski definition) is 1. The van der Waals surface area contributed by atoms with E-state index in [0.717, 1.165) is 0 Å². The Labute approximate surface area is 164 Å². The number of carbonyl (C=O) groups excluding carboxylic acids is 1. The summed E-state index contributed by atoms with van der Waals surface area (Å²) in [6.07, 6.45) is 2.69. The van der Waals surface area contributed by atoms with E-state index in [1.165, 1.54) is 18.4 Å². The molecule has 0 saturated carbocycles. The van der Waals surface area contributed by atoms with Gasteiger partial charge in [-0.1, -0.05) is 58.5 Å². The molecule has 0 unspecified atom stereocenters. The normalized spacial score (nSPS) is 11.4. The topological polar surface area (TPSA) is 65.2 Å². The van der Waals surface area contributed by atoms with Crippen LogP contribution in [0.3, 0.4) is 0 Å². The van der Waals surface area contributed by atoms with Gasteiger partial charge in [-0.3, -0.25) is 4.79 Å². The molecular weight excluding hydrogens is 404 g/mol. The number of amides is 1. The Bertz CT molecular complexity index is 917. The molecule has 0 aliphatic heterocycles. The van der Waals surface area contributed by atoms with Gasteiger partial charge in [0.25, 0.3) is 5.91 Å². The minimum atomic E-state index is -0.685. The highest BCUT2D eigenvalue weighted by molar-refractivity contribution is 6.36. The summed E-state index contributed by atoms with van der Waals surface area (Å²) in [5, 5.41) is 14.6. The molecule has 8 heteroatoms. The molecule has 126 valence electrons. The molecule has 2 aromatic rings. The Hall–Kier alpha value is -2.03. The molecule has 0 bridgehead atoms. The first kappa shape index (κ1) is 19.3. The molecular formula is C17H9Cl4N3O. The van der Waals surface area contributed by atoms with Crippen molar-refractivity contribution in [3.63, 3.8) is 0 Å². The van der Waals surface area contributed by atoms with Crippen molar-refractivity contribution in [1.82, 2.24) is 5.43 Å². The molecule has 2 aromatic carbocycles. The van der Waals surface area contributed by atoms with Crippen LogP contribution in [0.25, 0.3) is 6.08 Å². The van der Waals surface area contributed by atoms with Gasteiger partial charge in [0.15, 0.2) is 0 Å². The maximum absolute atomic E-state index is 12.0. The average molecular weight is 413 g/mol. The van der Waals surface area contributed by atoms with Crippen LogP contribution in [-0.2, 0) is 4.79 Å². The van der Waals surface area contributed by atoms with Gasteiger partial charge in [0.2, 0.25) is 0 Å². The monoisotopic (exact) mass is 411 g/mol. The molecule has 0 spiro atoms. The number of benzene rings is 2. The second kappa shape index (κ2) is 8.89. The quantitative estimate of drug-likeness (QED) is 0.318. The maximum atomic E-state index is 12.0. The van der Waals surface area contributed by atoms with Gasteiger partial charge in [-0.15, -0.1) is 0 Å². The molecule has 0 aliphatic rings. The summed E-state index contributed by atoms with van der Waals surface area (Å²) in [7, 11) is 0. The lowest BCUT2D eigenvalue weighted by Gasteiger charge is -2.02. The van der Waals surface area contributed by atoms with Gasteiger partial charge in [-0.25, -0.2) is 5.43 Å². The number of carbonyl (C=O) groups is 1. The van der Waals surface area contributed by atoms with Crippen LogP contribution in [0.15, 0.2) is 47.1 Å². The Morgan fingerprint density at radius 1 is 1.00 bits per heavy atom. The summed E-state index contributed by atoms with van der Waals surface area (Å²) >= 11 is 23.6. The number of hydrazone groups is 1. The number of hydrogen-bond acceptors (Lipinski definition) is 3. The Morgan fingerprint density at radius 3 is 2.08 bits per heavy atom. The van der Waals surface area contributed by atoms with Crippen molar-refractivity contribution in [1.29, 1.82) is 5.26 Å². The predicted molar refractivity (Wildman–Crippen MR) is 102 cm³/mol. The average Bonchev–Trinajstić information content (AvgIpc) is 2.56. The van der Waals surface area contributed by atoms with E-state index in [1.54, 1.807) is 36.4 Å². The van der Waals surface area contributed by atoms with E-state index in [2.05, 4.69) is 10.5 Å². The van der Waals surface area contributed by atoms with Gasteiger partial charge >= 0.3 is 0 Å². The zero-order valence-corrected chi connectivity index (χ0v) is 15.5. The smallest absolute Gasteiger partial charge is 0.267 e. The third-order valence-corrected chi connectivity index (χ3v) is 4.08. The molecule has 0 aromatic heterocycles. The van der Waals surface area contributed by atoms with Crippen LogP contribution >= 0.6 is 46.4 Å². The van der Waals surface area contributed by atoms with Crippen LogP contribution < -0.4 is 5.43 Å². The number of nitrogens with zero attached hydrogens (tertiary/aromatic N) is 2. The first-order valence-electron chi connectivity index (χ1n) is 6.76. The zero-order chi connectivity index (χ0) is 18.4. The van der Waals surface area contributed by atoms with Gasteiger partial charge in [0.05, 0.1) is 11.2 Å². The molecule has 0 heterocycles. The van der Waals surface area contributed by atoms with Crippen molar-refractivity contribution in [3.8, 4) is 6.07 Å². The first-order chi connectivity index (χ1) is 11.9. The van der Waals surface area contributed by atoms with Crippen LogP contribution in [0.1, 0.15) is 11.1 Å².